The van der Waals surface area contributed by atoms with Crippen LogP contribution in [0.5, 0.6) is 0 Å². The molecule has 2 N–H and O–H groups in total. The molecule has 2 nitrogen and oxygen atoms in total. The molecule has 0 bridgehead atoms. The van der Waals surface area contributed by atoms with Crippen LogP contribution in [0.25, 0.3) is 0 Å². The number of rotatable bonds is 1. The Bertz CT molecular complexity index is 205. The Morgan fingerprint density at radius 2 is 1.06 bits per heavy atom. The highest BCUT2D eigenvalue weighted by molar-refractivity contribution is 4.90. The summed E-state index contributed by atoms with van der Waals surface area (Å²) < 4.78 is 0. The van der Waals surface area contributed by atoms with Crippen LogP contribution in [0.1, 0.15) is 52.4 Å². The molecule has 0 spiro atoms. The summed E-state index contributed by atoms with van der Waals surface area (Å²) in [5, 5.41) is 20.6. The molecule has 0 aromatic rings. The lowest BCUT2D eigenvalue weighted by atomic mass is 9.66. The van der Waals surface area contributed by atoms with Crippen LogP contribution >= 0.6 is 0 Å². The van der Waals surface area contributed by atoms with Crippen LogP contribution < -0.4 is 0 Å². The smallest absolute Gasteiger partial charge is 0.0597 e. The molecule has 0 amide bonds. The highest BCUT2D eigenvalue weighted by Crippen LogP contribution is 2.41. The second-order valence-electron chi connectivity index (χ2n) is 6.13. The molecule has 0 aromatic carbocycles. The lowest BCUT2D eigenvalue weighted by molar-refractivity contribution is -0.0698. The number of aliphatic hydroxyl groups is 2. The predicted octanol–water partition coefficient (Wildman–Crippen LogP) is 2.58. The summed E-state index contributed by atoms with van der Waals surface area (Å²) in [6.07, 6.45) is 6.60. The third kappa shape index (κ3) is 2.28. The molecule has 0 aliphatic heterocycles. The van der Waals surface area contributed by atoms with Crippen molar-refractivity contribution in [1.29, 1.82) is 0 Å². The van der Waals surface area contributed by atoms with Crippen molar-refractivity contribution in [3.05, 3.63) is 0 Å². The molecule has 2 fully saturated rings. The lowest BCUT2D eigenvalue weighted by Crippen LogP contribution is -2.44. The third-order valence-corrected chi connectivity index (χ3v) is 4.99. The van der Waals surface area contributed by atoms with Gasteiger partial charge in [0.05, 0.1) is 12.2 Å². The minimum atomic E-state index is -0.182. The second-order valence-corrected chi connectivity index (χ2v) is 6.13. The van der Waals surface area contributed by atoms with Gasteiger partial charge in [-0.1, -0.05) is 26.7 Å². The van der Waals surface area contributed by atoms with Gasteiger partial charge >= 0.3 is 0 Å². The van der Waals surface area contributed by atoms with Crippen LogP contribution in [0.3, 0.4) is 0 Å². The Labute approximate surface area is 99.1 Å². The Hall–Kier alpha value is -0.0800. The van der Waals surface area contributed by atoms with Gasteiger partial charge in [0, 0.05) is 0 Å². The van der Waals surface area contributed by atoms with Gasteiger partial charge in [-0.15, -0.1) is 0 Å². The molecule has 6 unspecified atom stereocenters. The van der Waals surface area contributed by atoms with Crippen LogP contribution in [0, 0.1) is 23.7 Å². The van der Waals surface area contributed by atoms with Gasteiger partial charge in [-0.2, -0.15) is 0 Å². The summed E-state index contributed by atoms with van der Waals surface area (Å²) in [5.74, 6) is 1.54. The molecule has 2 aliphatic carbocycles. The van der Waals surface area contributed by atoms with Gasteiger partial charge in [0.2, 0.25) is 0 Å². The SMILES string of the molecule is CC1CCCC(C2CCCC(C)C2O)C1O. The monoisotopic (exact) mass is 226 g/mol. The molecule has 16 heavy (non-hydrogen) atoms. The fourth-order valence-electron chi connectivity index (χ4n) is 3.81. The van der Waals surface area contributed by atoms with Crippen molar-refractivity contribution in [1.82, 2.24) is 0 Å². The van der Waals surface area contributed by atoms with Gasteiger partial charge in [-0.05, 0) is 49.4 Å². The van der Waals surface area contributed by atoms with E-state index >= 15 is 0 Å². The maximum atomic E-state index is 10.3. The Morgan fingerprint density at radius 1 is 0.688 bits per heavy atom. The number of hydrogen-bond donors (Lipinski definition) is 2. The summed E-state index contributed by atoms with van der Waals surface area (Å²) in [7, 11) is 0. The summed E-state index contributed by atoms with van der Waals surface area (Å²) >= 11 is 0. The zero-order valence-corrected chi connectivity index (χ0v) is 10.6. The Kier molecular flexibility index (Phi) is 3.91. The van der Waals surface area contributed by atoms with Crippen molar-refractivity contribution in [2.45, 2.75) is 64.6 Å². The summed E-state index contributed by atoms with van der Waals surface area (Å²) in [6, 6.07) is 0. The van der Waals surface area contributed by atoms with E-state index in [-0.39, 0.29) is 12.2 Å². The van der Waals surface area contributed by atoms with E-state index in [0.717, 1.165) is 25.7 Å². The molecular weight excluding hydrogens is 200 g/mol. The van der Waals surface area contributed by atoms with E-state index in [2.05, 4.69) is 13.8 Å². The van der Waals surface area contributed by atoms with Gasteiger partial charge in [0.1, 0.15) is 0 Å². The Morgan fingerprint density at radius 3 is 1.44 bits per heavy atom. The summed E-state index contributed by atoms with van der Waals surface area (Å²) in [5.41, 5.74) is 0. The predicted molar refractivity (Wildman–Crippen MR) is 65.0 cm³/mol. The standard InChI is InChI=1S/C14H26O2/c1-9-5-3-7-11(13(9)15)12-8-4-6-10(2)14(12)16/h9-16H,3-8H2,1-2H3. The molecule has 2 heteroatoms. The maximum Gasteiger partial charge on any atom is 0.0597 e. The summed E-state index contributed by atoms with van der Waals surface area (Å²) in [6.45, 7) is 4.30. The van der Waals surface area contributed by atoms with Crippen molar-refractivity contribution >= 4 is 0 Å². The maximum absolute atomic E-state index is 10.3. The number of hydrogen-bond acceptors (Lipinski definition) is 2. The van der Waals surface area contributed by atoms with Crippen LogP contribution in [0.4, 0.5) is 0 Å². The van der Waals surface area contributed by atoms with Crippen molar-refractivity contribution in [2.75, 3.05) is 0 Å². The third-order valence-electron chi connectivity index (χ3n) is 4.99. The van der Waals surface area contributed by atoms with Crippen molar-refractivity contribution in [3.8, 4) is 0 Å². The molecule has 2 aliphatic rings. The first-order chi connectivity index (χ1) is 7.61. The van der Waals surface area contributed by atoms with Crippen molar-refractivity contribution in [2.24, 2.45) is 23.7 Å². The minimum absolute atomic E-state index is 0.182. The molecular formula is C14H26O2. The second kappa shape index (κ2) is 5.05. The van der Waals surface area contributed by atoms with E-state index < -0.39 is 0 Å². The molecule has 0 heterocycles. The van der Waals surface area contributed by atoms with E-state index in [1.807, 2.05) is 0 Å². The average Bonchev–Trinajstić information content (AvgIpc) is 2.27. The van der Waals surface area contributed by atoms with Crippen LogP contribution in [-0.4, -0.2) is 22.4 Å². The molecule has 0 radical (unpaired) electrons. The van der Waals surface area contributed by atoms with Gasteiger partial charge in [0.15, 0.2) is 0 Å². The zero-order valence-electron chi connectivity index (χ0n) is 10.6. The van der Waals surface area contributed by atoms with Gasteiger partial charge < -0.3 is 10.2 Å². The topological polar surface area (TPSA) is 40.5 Å². The van der Waals surface area contributed by atoms with Gasteiger partial charge in [-0.25, -0.2) is 0 Å². The van der Waals surface area contributed by atoms with E-state index in [4.69, 9.17) is 0 Å². The first-order valence-electron chi connectivity index (χ1n) is 6.97. The quantitative estimate of drug-likeness (QED) is 0.721. The van der Waals surface area contributed by atoms with Crippen molar-refractivity contribution < 1.29 is 10.2 Å². The minimum Gasteiger partial charge on any atom is -0.393 e. The first-order valence-corrected chi connectivity index (χ1v) is 6.97. The number of aliphatic hydroxyl groups excluding tert-OH is 2. The summed E-state index contributed by atoms with van der Waals surface area (Å²) in [4.78, 5) is 0. The van der Waals surface area contributed by atoms with Crippen LogP contribution in [-0.2, 0) is 0 Å². The van der Waals surface area contributed by atoms with E-state index in [1.54, 1.807) is 0 Å². The van der Waals surface area contributed by atoms with E-state index in [1.165, 1.54) is 12.8 Å². The van der Waals surface area contributed by atoms with E-state index in [0.29, 0.717) is 23.7 Å². The largest absolute Gasteiger partial charge is 0.393 e. The molecule has 0 saturated heterocycles. The Balaban J connectivity index is 2.04. The molecule has 6 atom stereocenters. The van der Waals surface area contributed by atoms with E-state index in [9.17, 15) is 10.2 Å². The van der Waals surface area contributed by atoms with Crippen LogP contribution in [0.15, 0.2) is 0 Å². The van der Waals surface area contributed by atoms with Gasteiger partial charge in [0.25, 0.3) is 0 Å². The average molecular weight is 226 g/mol. The van der Waals surface area contributed by atoms with Gasteiger partial charge in [-0.3, -0.25) is 0 Å². The molecule has 2 saturated carbocycles. The fourth-order valence-corrected chi connectivity index (χ4v) is 3.81. The first kappa shape index (κ1) is 12.4. The normalized spacial score (nSPS) is 50.2. The zero-order chi connectivity index (χ0) is 11.7. The molecule has 0 aromatic heterocycles. The highest BCUT2D eigenvalue weighted by atomic mass is 16.3. The lowest BCUT2D eigenvalue weighted by Gasteiger charge is -2.43. The van der Waals surface area contributed by atoms with Crippen LogP contribution in [0.2, 0.25) is 0 Å². The highest BCUT2D eigenvalue weighted by Gasteiger charge is 2.40. The fraction of sp³-hybridized carbons (Fsp3) is 1.00. The molecule has 2 rings (SSSR count). The molecule has 94 valence electrons. The van der Waals surface area contributed by atoms with Crippen molar-refractivity contribution in [3.63, 3.8) is 0 Å².